The third-order valence-electron chi connectivity index (χ3n) is 2.74. The molecule has 2 rings (SSSR count). The van der Waals surface area contributed by atoms with E-state index in [1.807, 2.05) is 0 Å². The average molecular weight is 353 g/mol. The van der Waals surface area contributed by atoms with Crippen molar-refractivity contribution in [2.24, 2.45) is 5.92 Å². The van der Waals surface area contributed by atoms with Gasteiger partial charge in [-0.1, -0.05) is 0 Å². The molecule has 92 valence electrons. The van der Waals surface area contributed by atoms with E-state index in [0.717, 1.165) is 12.1 Å². The lowest BCUT2D eigenvalue weighted by molar-refractivity contribution is -0.117. The average Bonchev–Trinajstić information content (AvgIpc) is 2.67. The van der Waals surface area contributed by atoms with Gasteiger partial charge >= 0.3 is 0 Å². The number of carbonyl (C=O) groups is 1. The smallest absolute Gasteiger partial charge is 0.227 e. The zero-order chi connectivity index (χ0) is 12.6. The minimum Gasteiger partial charge on any atom is -0.396 e. The Kier molecular flexibility index (Phi) is 3.62. The van der Waals surface area contributed by atoms with Crippen LogP contribution in [-0.4, -0.2) is 24.2 Å². The standard InChI is InChI=1S/C11H10F2INO2/c12-8-2-7(3-9(13)11(8)14)15-4-6(5-16)1-10(15)17/h2-3,6,16H,1,4-5H2. The number of aliphatic hydroxyl groups is 1. The van der Waals surface area contributed by atoms with Crippen LogP contribution in [-0.2, 0) is 4.79 Å². The predicted molar refractivity (Wildman–Crippen MR) is 66.6 cm³/mol. The molecule has 1 aliphatic heterocycles. The van der Waals surface area contributed by atoms with E-state index in [2.05, 4.69) is 0 Å². The largest absolute Gasteiger partial charge is 0.396 e. The summed E-state index contributed by atoms with van der Waals surface area (Å²) in [6.45, 7) is 0.201. The number of anilines is 1. The molecule has 1 unspecified atom stereocenters. The van der Waals surface area contributed by atoms with Gasteiger partial charge in [-0.25, -0.2) is 8.78 Å². The first-order chi connectivity index (χ1) is 8.02. The van der Waals surface area contributed by atoms with E-state index < -0.39 is 11.6 Å². The number of carbonyl (C=O) groups excluding carboxylic acids is 1. The Bertz CT molecular complexity index is 444. The lowest BCUT2D eigenvalue weighted by Crippen LogP contribution is -2.25. The van der Waals surface area contributed by atoms with E-state index in [9.17, 15) is 13.6 Å². The fourth-order valence-electron chi connectivity index (χ4n) is 1.85. The summed E-state index contributed by atoms with van der Waals surface area (Å²) in [7, 11) is 0. The molecule has 0 spiro atoms. The van der Waals surface area contributed by atoms with Crippen molar-refractivity contribution in [3.63, 3.8) is 0 Å². The van der Waals surface area contributed by atoms with Gasteiger partial charge < -0.3 is 10.0 Å². The summed E-state index contributed by atoms with van der Waals surface area (Å²) in [6, 6.07) is 2.28. The quantitative estimate of drug-likeness (QED) is 0.652. The molecule has 6 heteroatoms. The van der Waals surface area contributed by atoms with Crippen molar-refractivity contribution in [3.8, 4) is 0 Å². The van der Waals surface area contributed by atoms with Crippen molar-refractivity contribution in [3.05, 3.63) is 27.3 Å². The molecule has 0 bridgehead atoms. The summed E-state index contributed by atoms with van der Waals surface area (Å²) in [5.41, 5.74) is 0.210. The van der Waals surface area contributed by atoms with E-state index in [1.165, 1.54) is 4.90 Å². The summed E-state index contributed by atoms with van der Waals surface area (Å²) < 4.78 is 26.6. The molecule has 17 heavy (non-hydrogen) atoms. The highest BCUT2D eigenvalue weighted by Gasteiger charge is 2.30. The third-order valence-corrected chi connectivity index (χ3v) is 3.77. The number of benzene rings is 1. The molecule has 1 amide bonds. The van der Waals surface area contributed by atoms with Gasteiger partial charge in [0.2, 0.25) is 5.91 Å². The van der Waals surface area contributed by atoms with E-state index in [-0.39, 0.29) is 34.1 Å². The van der Waals surface area contributed by atoms with Crippen LogP contribution in [0.4, 0.5) is 14.5 Å². The van der Waals surface area contributed by atoms with E-state index in [1.54, 1.807) is 22.6 Å². The van der Waals surface area contributed by atoms with Gasteiger partial charge in [0.15, 0.2) is 0 Å². The molecule has 1 aromatic carbocycles. The van der Waals surface area contributed by atoms with Crippen LogP contribution in [0.15, 0.2) is 12.1 Å². The fourth-order valence-corrected chi connectivity index (χ4v) is 2.16. The molecule has 1 aromatic rings. The fraction of sp³-hybridized carbons (Fsp3) is 0.364. The Hall–Kier alpha value is -0.760. The van der Waals surface area contributed by atoms with Crippen LogP contribution in [0.5, 0.6) is 0 Å². The van der Waals surface area contributed by atoms with E-state index in [0.29, 0.717) is 6.54 Å². The number of nitrogens with zero attached hydrogens (tertiary/aromatic N) is 1. The normalized spacial score (nSPS) is 20.1. The van der Waals surface area contributed by atoms with Crippen molar-refractivity contribution in [1.82, 2.24) is 0 Å². The Morgan fingerprint density at radius 1 is 1.41 bits per heavy atom. The van der Waals surface area contributed by atoms with Crippen molar-refractivity contribution >= 4 is 34.2 Å². The minimum absolute atomic E-state index is 0.0864. The summed E-state index contributed by atoms with van der Waals surface area (Å²) in [5, 5.41) is 8.97. The summed E-state index contributed by atoms with van der Waals surface area (Å²) in [5.74, 6) is -1.74. The van der Waals surface area contributed by atoms with Crippen molar-refractivity contribution in [2.75, 3.05) is 18.1 Å². The lowest BCUT2D eigenvalue weighted by Gasteiger charge is -2.17. The second-order valence-electron chi connectivity index (χ2n) is 3.98. The van der Waals surface area contributed by atoms with Gasteiger partial charge in [0.05, 0.1) is 3.57 Å². The van der Waals surface area contributed by atoms with Crippen LogP contribution in [0.1, 0.15) is 6.42 Å². The first kappa shape index (κ1) is 12.7. The topological polar surface area (TPSA) is 40.5 Å². The first-order valence-corrected chi connectivity index (χ1v) is 6.16. The summed E-state index contributed by atoms with van der Waals surface area (Å²) in [6.07, 6.45) is 0.214. The molecule has 1 N–H and O–H groups in total. The molecule has 1 aliphatic rings. The molecule has 0 saturated carbocycles. The number of rotatable bonds is 2. The Labute approximate surface area is 111 Å². The molecular weight excluding hydrogens is 343 g/mol. The number of aliphatic hydroxyl groups excluding tert-OH is 1. The highest BCUT2D eigenvalue weighted by atomic mass is 127. The monoisotopic (exact) mass is 353 g/mol. The summed E-state index contributed by atoms with van der Waals surface area (Å²) >= 11 is 1.57. The number of hydrogen-bond acceptors (Lipinski definition) is 2. The second kappa shape index (κ2) is 4.85. The van der Waals surface area contributed by atoms with Crippen molar-refractivity contribution < 1.29 is 18.7 Å². The maximum absolute atomic E-state index is 13.4. The molecule has 1 atom stereocenters. The van der Waals surface area contributed by atoms with Gasteiger partial charge in [-0.15, -0.1) is 0 Å². The maximum atomic E-state index is 13.4. The molecule has 1 saturated heterocycles. The highest BCUT2D eigenvalue weighted by Crippen LogP contribution is 2.28. The molecule has 0 aromatic heterocycles. The zero-order valence-electron chi connectivity index (χ0n) is 8.79. The van der Waals surface area contributed by atoms with Gasteiger partial charge in [-0.05, 0) is 34.7 Å². The first-order valence-electron chi connectivity index (χ1n) is 5.08. The van der Waals surface area contributed by atoms with Gasteiger partial charge in [-0.2, -0.15) is 0 Å². The molecule has 0 aliphatic carbocycles. The molecule has 1 heterocycles. The van der Waals surface area contributed by atoms with Crippen molar-refractivity contribution in [1.29, 1.82) is 0 Å². The summed E-state index contributed by atoms with van der Waals surface area (Å²) in [4.78, 5) is 12.9. The predicted octanol–water partition coefficient (Wildman–Crippen LogP) is 1.91. The van der Waals surface area contributed by atoms with Crippen LogP contribution in [0.3, 0.4) is 0 Å². The van der Waals surface area contributed by atoms with Crippen LogP contribution in [0.2, 0.25) is 0 Å². The highest BCUT2D eigenvalue weighted by molar-refractivity contribution is 14.1. The number of amides is 1. The van der Waals surface area contributed by atoms with E-state index >= 15 is 0 Å². The Morgan fingerprint density at radius 2 is 2.00 bits per heavy atom. The molecule has 1 fully saturated rings. The van der Waals surface area contributed by atoms with Crippen LogP contribution in [0, 0.1) is 21.1 Å². The molecular formula is C11H10F2INO2. The second-order valence-corrected chi connectivity index (χ2v) is 5.06. The van der Waals surface area contributed by atoms with Crippen LogP contribution in [0.25, 0.3) is 0 Å². The van der Waals surface area contributed by atoms with Gasteiger partial charge in [0.25, 0.3) is 0 Å². The zero-order valence-corrected chi connectivity index (χ0v) is 10.9. The lowest BCUT2D eigenvalue weighted by atomic mass is 10.1. The van der Waals surface area contributed by atoms with E-state index in [4.69, 9.17) is 5.11 Å². The van der Waals surface area contributed by atoms with Gasteiger partial charge in [-0.3, -0.25) is 4.79 Å². The van der Waals surface area contributed by atoms with Crippen LogP contribution < -0.4 is 4.90 Å². The van der Waals surface area contributed by atoms with Gasteiger partial charge in [0, 0.05) is 31.2 Å². The molecule has 0 radical (unpaired) electrons. The van der Waals surface area contributed by atoms with Gasteiger partial charge in [0.1, 0.15) is 11.6 Å². The maximum Gasteiger partial charge on any atom is 0.227 e. The Morgan fingerprint density at radius 3 is 2.47 bits per heavy atom. The van der Waals surface area contributed by atoms with Crippen molar-refractivity contribution in [2.45, 2.75) is 6.42 Å². The number of halogens is 3. The third kappa shape index (κ3) is 2.42. The Balaban J connectivity index is 2.32. The molecule has 3 nitrogen and oxygen atoms in total. The van der Waals surface area contributed by atoms with Crippen LogP contribution >= 0.6 is 22.6 Å². The SMILES string of the molecule is O=C1CC(CO)CN1c1cc(F)c(I)c(F)c1. The minimum atomic E-state index is -0.680. The number of hydrogen-bond donors (Lipinski definition) is 1.